The van der Waals surface area contributed by atoms with E-state index in [9.17, 15) is 4.79 Å². The molecule has 2 aromatic rings. The molecule has 5 heteroatoms. The maximum absolute atomic E-state index is 10.7. The maximum Gasteiger partial charge on any atom is 0.427 e. The van der Waals surface area contributed by atoms with Crippen LogP contribution in [-0.2, 0) is 0 Å². The topological polar surface area (TPSA) is 59.1 Å². The number of nitrogens with zero attached hydrogens (tertiary/aromatic N) is 1. The second kappa shape index (κ2) is 3.37. The Kier molecular flexibility index (Phi) is 2.06. The van der Waals surface area contributed by atoms with E-state index in [-0.39, 0.29) is 0 Å². The van der Waals surface area contributed by atoms with Crippen molar-refractivity contribution in [2.45, 2.75) is 0 Å². The highest BCUT2D eigenvalue weighted by atomic mass is 16.5. The zero-order valence-corrected chi connectivity index (χ0v) is 7.56. The number of hydrogen-bond acceptors (Lipinski definition) is 3. The number of aromatic amines is 1. The summed E-state index contributed by atoms with van der Waals surface area (Å²) in [6.45, 7) is 0. The van der Waals surface area contributed by atoms with E-state index in [0.29, 0.717) is 0 Å². The summed E-state index contributed by atoms with van der Waals surface area (Å²) in [6.07, 6.45) is 1.32. The lowest BCUT2D eigenvalue weighted by atomic mass is 10.3. The summed E-state index contributed by atoms with van der Waals surface area (Å²) in [5, 5.41) is 2.45. The van der Waals surface area contributed by atoms with Gasteiger partial charge in [-0.05, 0) is 22.1 Å². The maximum atomic E-state index is 10.7. The van der Waals surface area contributed by atoms with Crippen LogP contribution < -0.4 is 15.0 Å². The normalized spacial score (nSPS) is 10.1. The lowest BCUT2D eigenvalue weighted by Gasteiger charge is -1.96. The largest absolute Gasteiger partial charge is 0.497 e. The Balaban J connectivity index is 2.38. The number of ether oxygens (including phenoxy) is 1. The van der Waals surface area contributed by atoms with Crippen molar-refractivity contribution in [1.82, 2.24) is 5.27 Å². The van der Waals surface area contributed by atoms with E-state index in [1.54, 1.807) is 19.2 Å². The standard InChI is InChI=1S/C9H8N2O3/c1-13-8-4-2-7(3-5-8)11-6-9(12)14-10-11/h2-6H,1H3/p+1. The number of H-pyrrole nitrogens is 1. The Morgan fingerprint density at radius 2 is 2.07 bits per heavy atom. The molecule has 0 bridgehead atoms. The Hall–Kier alpha value is -2.04. The van der Waals surface area contributed by atoms with Crippen molar-refractivity contribution < 1.29 is 13.9 Å². The second-order valence-electron chi connectivity index (χ2n) is 2.71. The molecule has 0 fully saturated rings. The number of methoxy groups -OCH3 is 1. The number of benzene rings is 1. The van der Waals surface area contributed by atoms with Gasteiger partial charge in [-0.2, -0.15) is 0 Å². The molecule has 0 amide bonds. The molecule has 2 rings (SSSR count). The molecule has 1 heterocycles. The number of hydrogen-bond donors (Lipinski definition) is 1. The third kappa shape index (κ3) is 1.52. The van der Waals surface area contributed by atoms with Gasteiger partial charge in [-0.1, -0.05) is 0 Å². The van der Waals surface area contributed by atoms with Gasteiger partial charge >= 0.3 is 5.63 Å². The van der Waals surface area contributed by atoms with E-state index in [0.717, 1.165) is 11.4 Å². The van der Waals surface area contributed by atoms with E-state index in [4.69, 9.17) is 4.74 Å². The second-order valence-corrected chi connectivity index (χ2v) is 2.71. The van der Waals surface area contributed by atoms with Gasteiger partial charge in [-0.25, -0.2) is 4.79 Å². The van der Waals surface area contributed by atoms with E-state index in [1.165, 1.54) is 10.9 Å². The van der Waals surface area contributed by atoms with E-state index in [1.807, 2.05) is 12.1 Å². The predicted octanol–water partition coefficient (Wildman–Crippen LogP) is 0.253. The van der Waals surface area contributed by atoms with E-state index >= 15 is 0 Å². The third-order valence-corrected chi connectivity index (χ3v) is 1.83. The van der Waals surface area contributed by atoms with Crippen molar-refractivity contribution in [3.8, 4) is 11.4 Å². The molecule has 1 aromatic carbocycles. The van der Waals surface area contributed by atoms with Crippen LogP contribution in [0.25, 0.3) is 5.69 Å². The minimum Gasteiger partial charge on any atom is -0.497 e. The summed E-state index contributed by atoms with van der Waals surface area (Å²) in [5.41, 5.74) is 0.387. The fourth-order valence-electron chi connectivity index (χ4n) is 1.12. The fraction of sp³-hybridized carbons (Fsp3) is 0.111. The van der Waals surface area contributed by atoms with Crippen molar-refractivity contribution in [3.63, 3.8) is 0 Å². The van der Waals surface area contributed by atoms with Crippen molar-refractivity contribution in [2.24, 2.45) is 0 Å². The van der Waals surface area contributed by atoms with Crippen LogP contribution in [0.5, 0.6) is 5.75 Å². The molecule has 5 nitrogen and oxygen atoms in total. The van der Waals surface area contributed by atoms with Crippen LogP contribution in [-0.4, -0.2) is 12.4 Å². The number of nitrogens with one attached hydrogen (secondary N) is 1. The Morgan fingerprint density at radius 3 is 2.57 bits per heavy atom. The van der Waals surface area contributed by atoms with Crippen molar-refractivity contribution in [2.75, 3.05) is 7.11 Å². The Morgan fingerprint density at radius 1 is 1.36 bits per heavy atom. The van der Waals surface area contributed by atoms with Crippen molar-refractivity contribution >= 4 is 0 Å². The average Bonchev–Trinajstić information content (AvgIpc) is 2.65. The van der Waals surface area contributed by atoms with Crippen molar-refractivity contribution in [3.05, 3.63) is 40.9 Å². The van der Waals surface area contributed by atoms with Crippen molar-refractivity contribution in [1.29, 1.82) is 0 Å². The van der Waals surface area contributed by atoms with Crippen LogP contribution in [0, 0.1) is 0 Å². The van der Waals surface area contributed by atoms with Crippen LogP contribution in [0.2, 0.25) is 0 Å². The number of rotatable bonds is 2. The molecule has 1 aromatic heterocycles. The Bertz CT molecular complexity index is 469. The molecule has 72 valence electrons. The molecule has 0 radical (unpaired) electrons. The molecule has 0 unspecified atom stereocenters. The first-order valence-corrected chi connectivity index (χ1v) is 4.04. The minimum atomic E-state index is -0.416. The van der Waals surface area contributed by atoms with Crippen LogP contribution in [0.3, 0.4) is 0 Å². The highest BCUT2D eigenvalue weighted by Gasteiger charge is 2.09. The minimum absolute atomic E-state index is 0.416. The summed E-state index contributed by atoms with van der Waals surface area (Å²) < 4.78 is 11.0. The SMILES string of the molecule is COc1ccc(-[n+]2cc(=O)o[nH]2)cc1. The molecule has 0 aliphatic heterocycles. The lowest BCUT2D eigenvalue weighted by molar-refractivity contribution is -0.670. The van der Waals surface area contributed by atoms with Gasteiger partial charge in [-0.3, -0.25) is 4.52 Å². The molecule has 0 spiro atoms. The summed E-state index contributed by atoms with van der Waals surface area (Å²) >= 11 is 0. The van der Waals surface area contributed by atoms with Crippen LogP contribution in [0.4, 0.5) is 0 Å². The van der Waals surface area contributed by atoms with Crippen LogP contribution >= 0.6 is 0 Å². The molecular weight excluding hydrogens is 184 g/mol. The molecule has 0 aliphatic carbocycles. The monoisotopic (exact) mass is 193 g/mol. The fourth-order valence-corrected chi connectivity index (χ4v) is 1.12. The zero-order valence-electron chi connectivity index (χ0n) is 7.56. The van der Waals surface area contributed by atoms with Gasteiger partial charge in [0.15, 0.2) is 0 Å². The summed E-state index contributed by atoms with van der Waals surface area (Å²) in [4.78, 5) is 10.7. The Labute approximate surface area is 79.5 Å². The molecule has 14 heavy (non-hydrogen) atoms. The zero-order chi connectivity index (χ0) is 9.97. The highest BCUT2D eigenvalue weighted by Crippen LogP contribution is 2.10. The van der Waals surface area contributed by atoms with Crippen LogP contribution in [0.1, 0.15) is 0 Å². The van der Waals surface area contributed by atoms with E-state index < -0.39 is 5.63 Å². The van der Waals surface area contributed by atoms with Gasteiger partial charge in [-0.15, -0.1) is 0 Å². The van der Waals surface area contributed by atoms with Gasteiger partial charge < -0.3 is 4.74 Å². The average molecular weight is 193 g/mol. The lowest BCUT2D eigenvalue weighted by Crippen LogP contribution is -2.31. The molecule has 0 aliphatic rings. The highest BCUT2D eigenvalue weighted by molar-refractivity contribution is 5.30. The molecule has 0 saturated carbocycles. The first-order valence-electron chi connectivity index (χ1n) is 4.04. The number of aromatic nitrogens is 2. The van der Waals surface area contributed by atoms with Gasteiger partial charge in [0.1, 0.15) is 5.75 Å². The predicted molar refractivity (Wildman–Crippen MR) is 47.4 cm³/mol. The quantitative estimate of drug-likeness (QED) is 0.695. The summed E-state index contributed by atoms with van der Waals surface area (Å²) in [7, 11) is 1.60. The summed E-state index contributed by atoms with van der Waals surface area (Å²) in [6, 6.07) is 7.22. The van der Waals surface area contributed by atoms with Gasteiger partial charge in [0.25, 0.3) is 6.20 Å². The first-order chi connectivity index (χ1) is 6.79. The molecule has 1 N–H and O–H groups in total. The van der Waals surface area contributed by atoms with Crippen LogP contribution in [0.15, 0.2) is 39.8 Å². The van der Waals surface area contributed by atoms with Gasteiger partial charge in [0.2, 0.25) is 5.69 Å². The van der Waals surface area contributed by atoms with Gasteiger partial charge in [0, 0.05) is 12.1 Å². The smallest absolute Gasteiger partial charge is 0.427 e. The summed E-state index contributed by atoms with van der Waals surface area (Å²) in [5.74, 6) is 0.764. The molecule has 0 atom stereocenters. The third-order valence-electron chi connectivity index (χ3n) is 1.83. The molecular formula is C9H9N2O3+. The van der Waals surface area contributed by atoms with Gasteiger partial charge in [0.05, 0.1) is 7.11 Å². The molecule has 0 saturated heterocycles. The van der Waals surface area contributed by atoms with E-state index in [2.05, 4.69) is 9.79 Å². The first kappa shape index (κ1) is 8.55.